The summed E-state index contributed by atoms with van der Waals surface area (Å²) in [5.74, 6) is 0.463. The lowest BCUT2D eigenvalue weighted by atomic mass is 10.1. The van der Waals surface area contributed by atoms with Gasteiger partial charge in [-0.1, -0.05) is 20.8 Å². The van der Waals surface area contributed by atoms with Crippen molar-refractivity contribution in [2.75, 3.05) is 13.2 Å². The van der Waals surface area contributed by atoms with Crippen LogP contribution in [0.4, 0.5) is 0 Å². The molecule has 0 atom stereocenters. The van der Waals surface area contributed by atoms with E-state index in [9.17, 15) is 0 Å². The Kier molecular flexibility index (Phi) is 14.7. The largest absolute Gasteiger partial charge is 0.396 e. The number of hydrogen-bond donors (Lipinski definition) is 2. The monoisotopic (exact) mass is 148 g/mol. The van der Waals surface area contributed by atoms with Crippen LogP contribution in [0.1, 0.15) is 33.6 Å². The average Bonchev–Trinajstić information content (AvgIpc) is 1.93. The van der Waals surface area contributed by atoms with E-state index in [0.717, 1.165) is 12.8 Å². The predicted octanol–water partition coefficient (Wildman–Crippen LogP) is 1.41. The third-order valence-electron chi connectivity index (χ3n) is 1.24. The summed E-state index contributed by atoms with van der Waals surface area (Å²) < 4.78 is 0. The Labute approximate surface area is 63.9 Å². The fourth-order valence-corrected chi connectivity index (χ4v) is 0.585. The van der Waals surface area contributed by atoms with Crippen molar-refractivity contribution in [2.24, 2.45) is 5.92 Å². The zero-order chi connectivity index (χ0) is 8.41. The summed E-state index contributed by atoms with van der Waals surface area (Å²) in [6.07, 6.45) is 1.61. The normalized spacial score (nSPS) is 9.00. The van der Waals surface area contributed by atoms with Gasteiger partial charge in [-0.25, -0.2) is 0 Å². The summed E-state index contributed by atoms with van der Waals surface area (Å²) in [4.78, 5) is 0. The standard InChI is InChI=1S/C6H14O2.C2H6/c1-6(2-4-7)3-5-8;1-2/h6-8H,2-5H2,1H3;1-2H3. The molecule has 10 heavy (non-hydrogen) atoms. The zero-order valence-corrected chi connectivity index (χ0v) is 7.30. The second-order valence-corrected chi connectivity index (χ2v) is 2.13. The lowest BCUT2D eigenvalue weighted by molar-refractivity contribution is 0.223. The molecule has 0 amide bonds. The topological polar surface area (TPSA) is 40.5 Å². The maximum absolute atomic E-state index is 8.38. The first kappa shape index (κ1) is 12.6. The molecule has 0 spiro atoms. The van der Waals surface area contributed by atoms with Crippen LogP contribution in [0.25, 0.3) is 0 Å². The first-order valence-electron chi connectivity index (χ1n) is 4.03. The van der Waals surface area contributed by atoms with E-state index in [4.69, 9.17) is 10.2 Å². The first-order valence-corrected chi connectivity index (χ1v) is 4.03. The number of rotatable bonds is 4. The van der Waals surface area contributed by atoms with E-state index in [1.54, 1.807) is 0 Å². The van der Waals surface area contributed by atoms with Gasteiger partial charge in [0, 0.05) is 13.2 Å². The van der Waals surface area contributed by atoms with Gasteiger partial charge < -0.3 is 10.2 Å². The minimum Gasteiger partial charge on any atom is -0.396 e. The van der Waals surface area contributed by atoms with Gasteiger partial charge in [0.1, 0.15) is 0 Å². The average molecular weight is 148 g/mol. The van der Waals surface area contributed by atoms with Gasteiger partial charge in [0.2, 0.25) is 0 Å². The van der Waals surface area contributed by atoms with Crippen molar-refractivity contribution < 1.29 is 10.2 Å². The molecular weight excluding hydrogens is 128 g/mol. The third-order valence-corrected chi connectivity index (χ3v) is 1.24. The number of aliphatic hydroxyl groups excluding tert-OH is 2. The summed E-state index contributed by atoms with van der Waals surface area (Å²) in [5, 5.41) is 16.8. The van der Waals surface area contributed by atoms with Gasteiger partial charge in [-0.05, 0) is 18.8 Å². The van der Waals surface area contributed by atoms with Crippen LogP contribution in [0.3, 0.4) is 0 Å². The van der Waals surface area contributed by atoms with Crippen LogP contribution < -0.4 is 0 Å². The highest BCUT2D eigenvalue weighted by atomic mass is 16.3. The minimum absolute atomic E-state index is 0.237. The van der Waals surface area contributed by atoms with E-state index < -0.39 is 0 Å². The molecule has 2 nitrogen and oxygen atoms in total. The molecular formula is C8H20O2. The van der Waals surface area contributed by atoms with Crippen LogP contribution in [-0.2, 0) is 0 Å². The first-order chi connectivity index (χ1) is 4.81. The summed E-state index contributed by atoms with van der Waals surface area (Å²) in [5.41, 5.74) is 0. The SMILES string of the molecule is CC.CC(CCO)CCO. The Morgan fingerprint density at radius 2 is 1.30 bits per heavy atom. The molecule has 0 heterocycles. The lowest BCUT2D eigenvalue weighted by Gasteiger charge is -2.04. The Balaban J connectivity index is 0. The van der Waals surface area contributed by atoms with Crippen LogP contribution in [0, 0.1) is 5.92 Å². The Morgan fingerprint density at radius 1 is 1.00 bits per heavy atom. The molecule has 0 aliphatic heterocycles. The summed E-state index contributed by atoms with van der Waals surface area (Å²) in [6.45, 7) is 6.49. The fourth-order valence-electron chi connectivity index (χ4n) is 0.585. The maximum atomic E-state index is 8.38. The lowest BCUT2D eigenvalue weighted by Crippen LogP contribution is -1.99. The quantitative estimate of drug-likeness (QED) is 0.633. The summed E-state index contributed by atoms with van der Waals surface area (Å²) in [6, 6.07) is 0. The van der Waals surface area contributed by atoms with Gasteiger partial charge in [0.25, 0.3) is 0 Å². The van der Waals surface area contributed by atoms with Gasteiger partial charge in [-0.2, -0.15) is 0 Å². The van der Waals surface area contributed by atoms with Crippen LogP contribution in [0.15, 0.2) is 0 Å². The van der Waals surface area contributed by atoms with Crippen molar-refractivity contribution in [2.45, 2.75) is 33.6 Å². The molecule has 0 bridgehead atoms. The molecule has 0 rings (SSSR count). The van der Waals surface area contributed by atoms with Gasteiger partial charge >= 0.3 is 0 Å². The Morgan fingerprint density at radius 3 is 1.50 bits per heavy atom. The van der Waals surface area contributed by atoms with E-state index in [1.165, 1.54) is 0 Å². The molecule has 0 aliphatic rings. The van der Waals surface area contributed by atoms with Crippen LogP contribution in [-0.4, -0.2) is 23.4 Å². The van der Waals surface area contributed by atoms with E-state index >= 15 is 0 Å². The summed E-state index contributed by atoms with van der Waals surface area (Å²) in [7, 11) is 0. The highest BCUT2D eigenvalue weighted by Crippen LogP contribution is 2.03. The van der Waals surface area contributed by atoms with Crippen molar-refractivity contribution in [3.8, 4) is 0 Å². The predicted molar refractivity (Wildman–Crippen MR) is 43.9 cm³/mol. The number of aliphatic hydroxyl groups is 2. The molecule has 0 aromatic rings. The van der Waals surface area contributed by atoms with Crippen molar-refractivity contribution in [3.63, 3.8) is 0 Å². The van der Waals surface area contributed by atoms with Crippen molar-refractivity contribution >= 4 is 0 Å². The van der Waals surface area contributed by atoms with Crippen LogP contribution in [0.5, 0.6) is 0 Å². The molecule has 64 valence electrons. The van der Waals surface area contributed by atoms with Gasteiger partial charge in [0.15, 0.2) is 0 Å². The van der Waals surface area contributed by atoms with E-state index in [2.05, 4.69) is 0 Å². The second-order valence-electron chi connectivity index (χ2n) is 2.13. The van der Waals surface area contributed by atoms with Crippen molar-refractivity contribution in [3.05, 3.63) is 0 Å². The Hall–Kier alpha value is -0.0800. The molecule has 0 radical (unpaired) electrons. The van der Waals surface area contributed by atoms with E-state index in [1.807, 2.05) is 20.8 Å². The smallest absolute Gasteiger partial charge is 0.0433 e. The fraction of sp³-hybridized carbons (Fsp3) is 1.00. The highest BCUT2D eigenvalue weighted by molar-refractivity contribution is 4.49. The van der Waals surface area contributed by atoms with Crippen LogP contribution in [0.2, 0.25) is 0 Å². The highest BCUT2D eigenvalue weighted by Gasteiger charge is 1.97. The molecule has 0 aromatic carbocycles. The minimum atomic E-state index is 0.237. The van der Waals surface area contributed by atoms with Gasteiger partial charge in [-0.15, -0.1) is 0 Å². The molecule has 2 heteroatoms. The second kappa shape index (κ2) is 11.7. The molecule has 0 saturated carbocycles. The molecule has 0 aliphatic carbocycles. The molecule has 0 saturated heterocycles. The van der Waals surface area contributed by atoms with Crippen LogP contribution >= 0.6 is 0 Å². The third kappa shape index (κ3) is 10.8. The van der Waals surface area contributed by atoms with Crippen molar-refractivity contribution in [1.29, 1.82) is 0 Å². The van der Waals surface area contributed by atoms with E-state index in [0.29, 0.717) is 5.92 Å². The van der Waals surface area contributed by atoms with E-state index in [-0.39, 0.29) is 13.2 Å². The molecule has 0 aromatic heterocycles. The molecule has 0 fully saturated rings. The Bertz CT molecular complexity index is 40.5. The van der Waals surface area contributed by atoms with Gasteiger partial charge in [0.05, 0.1) is 0 Å². The summed E-state index contributed by atoms with van der Waals surface area (Å²) >= 11 is 0. The maximum Gasteiger partial charge on any atom is 0.0433 e. The van der Waals surface area contributed by atoms with Gasteiger partial charge in [-0.3, -0.25) is 0 Å². The molecule has 0 unspecified atom stereocenters. The number of hydrogen-bond acceptors (Lipinski definition) is 2. The molecule has 2 N–H and O–H groups in total. The van der Waals surface area contributed by atoms with Crippen molar-refractivity contribution in [1.82, 2.24) is 0 Å². The zero-order valence-electron chi connectivity index (χ0n) is 7.30.